The molecule has 1 amide bonds. The summed E-state index contributed by atoms with van der Waals surface area (Å²) in [4.78, 5) is 15.0. The minimum absolute atomic E-state index is 0.219. The lowest BCUT2D eigenvalue weighted by Gasteiger charge is -2.33. The van der Waals surface area contributed by atoms with Crippen molar-refractivity contribution in [3.63, 3.8) is 0 Å². The Morgan fingerprint density at radius 1 is 1.00 bits per heavy atom. The quantitative estimate of drug-likeness (QED) is 0.537. The van der Waals surface area contributed by atoms with Crippen molar-refractivity contribution in [3.05, 3.63) is 71.5 Å². The van der Waals surface area contributed by atoms with E-state index in [1.54, 1.807) is 41.1 Å². The summed E-state index contributed by atoms with van der Waals surface area (Å²) in [6.45, 7) is 7.22. The Morgan fingerprint density at radius 2 is 1.68 bits per heavy atom. The zero-order chi connectivity index (χ0) is 24.5. The number of benzene rings is 2. The first-order valence-corrected chi connectivity index (χ1v) is 12.7. The Bertz CT molecular complexity index is 1270. The Labute approximate surface area is 200 Å². The summed E-state index contributed by atoms with van der Waals surface area (Å²) in [5.74, 6) is 0.776. The molecule has 34 heavy (non-hydrogen) atoms. The van der Waals surface area contributed by atoms with Crippen molar-refractivity contribution in [2.24, 2.45) is 0 Å². The number of amides is 1. The molecule has 3 aromatic rings. The summed E-state index contributed by atoms with van der Waals surface area (Å²) in [5.41, 5.74) is 3.21. The lowest BCUT2D eigenvalue weighted by Crippen LogP contribution is -2.50. The van der Waals surface area contributed by atoms with E-state index in [1.165, 1.54) is 4.31 Å². The van der Waals surface area contributed by atoms with Crippen LogP contribution in [-0.2, 0) is 10.0 Å². The molecule has 1 fully saturated rings. The highest BCUT2D eigenvalue weighted by atomic mass is 32.2. The molecule has 4 rings (SSSR count). The van der Waals surface area contributed by atoms with Crippen LogP contribution in [-0.4, -0.2) is 66.6 Å². The van der Waals surface area contributed by atoms with Gasteiger partial charge in [0.15, 0.2) is 5.69 Å². The molecule has 0 saturated carbocycles. The Morgan fingerprint density at radius 3 is 2.29 bits per heavy atom. The number of hydrogen-bond donors (Lipinski definition) is 0. The zero-order valence-corrected chi connectivity index (χ0v) is 20.7. The highest BCUT2D eigenvalue weighted by Gasteiger charge is 2.31. The van der Waals surface area contributed by atoms with Crippen LogP contribution in [0, 0.1) is 6.92 Å². The van der Waals surface area contributed by atoms with Gasteiger partial charge >= 0.3 is 0 Å². The lowest BCUT2D eigenvalue weighted by molar-refractivity contribution is 0.0691. The van der Waals surface area contributed by atoms with Crippen LogP contribution in [0.2, 0.25) is 0 Å². The molecular formula is C25H30N4O4S. The van der Waals surface area contributed by atoms with E-state index in [0.717, 1.165) is 16.8 Å². The van der Waals surface area contributed by atoms with Crippen LogP contribution >= 0.6 is 0 Å². The summed E-state index contributed by atoms with van der Waals surface area (Å²) < 4.78 is 34.6. The number of ether oxygens (including phenoxy) is 1. The van der Waals surface area contributed by atoms with Gasteiger partial charge < -0.3 is 9.64 Å². The summed E-state index contributed by atoms with van der Waals surface area (Å²) in [6.07, 6.45) is 1.73. The molecule has 0 bridgehead atoms. The van der Waals surface area contributed by atoms with Crippen molar-refractivity contribution in [3.8, 4) is 11.4 Å². The monoisotopic (exact) mass is 482 g/mol. The van der Waals surface area contributed by atoms with Gasteiger partial charge in [-0.15, -0.1) is 0 Å². The molecule has 8 nitrogen and oxygen atoms in total. The largest absolute Gasteiger partial charge is 0.494 e. The smallest absolute Gasteiger partial charge is 0.274 e. The number of aryl methyl sites for hydroxylation is 1. The third-order valence-electron chi connectivity index (χ3n) is 6.10. The normalized spacial score (nSPS) is 15.0. The van der Waals surface area contributed by atoms with E-state index in [0.29, 0.717) is 30.5 Å². The molecule has 180 valence electrons. The van der Waals surface area contributed by atoms with Gasteiger partial charge in [-0.3, -0.25) is 4.79 Å². The summed E-state index contributed by atoms with van der Waals surface area (Å²) >= 11 is 0. The maximum absolute atomic E-state index is 13.1. The Kier molecular flexibility index (Phi) is 6.77. The van der Waals surface area contributed by atoms with E-state index in [-0.39, 0.29) is 23.9 Å². The minimum Gasteiger partial charge on any atom is -0.494 e. The highest BCUT2D eigenvalue weighted by molar-refractivity contribution is 7.89. The van der Waals surface area contributed by atoms with Crippen LogP contribution in [0.1, 0.15) is 41.4 Å². The van der Waals surface area contributed by atoms with E-state index in [4.69, 9.17) is 4.74 Å². The van der Waals surface area contributed by atoms with E-state index >= 15 is 0 Å². The number of piperazine rings is 1. The van der Waals surface area contributed by atoms with Gasteiger partial charge in [-0.05, 0) is 54.3 Å². The number of methoxy groups -OCH3 is 1. The molecule has 0 spiro atoms. The van der Waals surface area contributed by atoms with Gasteiger partial charge in [0, 0.05) is 32.4 Å². The minimum atomic E-state index is -3.60. The first-order valence-electron chi connectivity index (χ1n) is 11.3. The molecule has 2 aromatic carbocycles. The third kappa shape index (κ3) is 4.71. The van der Waals surface area contributed by atoms with Crippen LogP contribution in [0.4, 0.5) is 0 Å². The number of rotatable bonds is 6. The first-order chi connectivity index (χ1) is 16.2. The van der Waals surface area contributed by atoms with Crippen LogP contribution in [0.5, 0.6) is 5.75 Å². The number of hydrogen-bond acceptors (Lipinski definition) is 5. The second-order valence-electron chi connectivity index (χ2n) is 8.74. The van der Waals surface area contributed by atoms with E-state index < -0.39 is 10.0 Å². The van der Waals surface area contributed by atoms with Gasteiger partial charge in [0.05, 0.1) is 12.0 Å². The first kappa shape index (κ1) is 24.0. The van der Waals surface area contributed by atoms with Gasteiger partial charge in [0.2, 0.25) is 10.0 Å². The van der Waals surface area contributed by atoms with E-state index in [1.807, 2.05) is 37.3 Å². The molecule has 0 aliphatic carbocycles. The maximum Gasteiger partial charge on any atom is 0.274 e. The van der Waals surface area contributed by atoms with Crippen molar-refractivity contribution in [1.82, 2.24) is 19.0 Å². The SMILES string of the molecule is COc1ccc(C)cc1-n1ccc(C(=O)N2CCN(S(=O)(=O)c3ccc(C(C)C)cc3)CC2)n1. The maximum atomic E-state index is 13.1. The van der Waals surface area contributed by atoms with Gasteiger partial charge in [-0.25, -0.2) is 13.1 Å². The predicted molar refractivity (Wildman–Crippen MR) is 130 cm³/mol. The molecule has 0 atom stereocenters. The van der Waals surface area contributed by atoms with Crippen LogP contribution < -0.4 is 4.74 Å². The fourth-order valence-electron chi connectivity index (χ4n) is 4.02. The molecule has 1 saturated heterocycles. The van der Waals surface area contributed by atoms with Crippen molar-refractivity contribution in [2.75, 3.05) is 33.3 Å². The topological polar surface area (TPSA) is 84.7 Å². The predicted octanol–water partition coefficient (Wildman–Crippen LogP) is 3.46. The number of carbonyl (C=O) groups excluding carboxylic acids is 1. The fourth-order valence-corrected chi connectivity index (χ4v) is 5.44. The second kappa shape index (κ2) is 9.60. The molecule has 1 aromatic heterocycles. The van der Waals surface area contributed by atoms with Crippen LogP contribution in [0.3, 0.4) is 0 Å². The Hall–Kier alpha value is -3.17. The fraction of sp³-hybridized carbons (Fsp3) is 0.360. The van der Waals surface area contributed by atoms with Crippen LogP contribution in [0.15, 0.2) is 59.6 Å². The average Bonchev–Trinajstić information content (AvgIpc) is 3.34. The van der Waals surface area contributed by atoms with Gasteiger partial charge in [0.1, 0.15) is 11.4 Å². The molecule has 0 N–H and O–H groups in total. The molecule has 0 radical (unpaired) electrons. The van der Waals surface area contributed by atoms with Crippen LogP contribution in [0.25, 0.3) is 5.69 Å². The van der Waals surface area contributed by atoms with E-state index in [9.17, 15) is 13.2 Å². The molecule has 0 unspecified atom stereocenters. The Balaban J connectivity index is 1.44. The molecule has 9 heteroatoms. The highest BCUT2D eigenvalue weighted by Crippen LogP contribution is 2.24. The summed E-state index contributed by atoms with van der Waals surface area (Å²) in [7, 11) is -2.01. The summed E-state index contributed by atoms with van der Waals surface area (Å²) in [6, 6.07) is 14.5. The van der Waals surface area contributed by atoms with Crippen molar-refractivity contribution in [2.45, 2.75) is 31.6 Å². The standard InChI is InChI=1S/C25H30N4O4S/c1-18(2)20-6-8-21(9-7-20)34(31,32)28-15-13-27(14-16-28)25(30)22-11-12-29(26-22)23-17-19(3)5-10-24(23)33-4/h5-12,17-18H,13-16H2,1-4H3. The second-order valence-corrected chi connectivity index (χ2v) is 10.7. The molecule has 2 heterocycles. The van der Waals surface area contributed by atoms with Gasteiger partial charge in [-0.1, -0.05) is 32.0 Å². The molecule has 1 aliphatic rings. The third-order valence-corrected chi connectivity index (χ3v) is 8.01. The lowest BCUT2D eigenvalue weighted by atomic mass is 10.0. The van der Waals surface area contributed by atoms with Crippen molar-refractivity contribution in [1.29, 1.82) is 0 Å². The molecule has 1 aliphatic heterocycles. The van der Waals surface area contributed by atoms with Crippen molar-refractivity contribution < 1.29 is 17.9 Å². The molecular weight excluding hydrogens is 452 g/mol. The average molecular weight is 483 g/mol. The van der Waals surface area contributed by atoms with E-state index in [2.05, 4.69) is 18.9 Å². The number of carbonyl (C=O) groups is 1. The van der Waals surface area contributed by atoms with Gasteiger partial charge in [0.25, 0.3) is 5.91 Å². The van der Waals surface area contributed by atoms with Crippen molar-refractivity contribution >= 4 is 15.9 Å². The zero-order valence-electron chi connectivity index (χ0n) is 19.9. The number of nitrogens with zero attached hydrogens (tertiary/aromatic N) is 4. The number of sulfonamides is 1. The number of aromatic nitrogens is 2. The van der Waals surface area contributed by atoms with Gasteiger partial charge in [-0.2, -0.15) is 9.40 Å². The summed E-state index contributed by atoms with van der Waals surface area (Å²) in [5, 5.41) is 4.46.